The number of ketones is 1. The van der Waals surface area contributed by atoms with Crippen LogP contribution < -0.4 is 14.4 Å². The number of ether oxygens (including phenoxy) is 2. The molecule has 6 nitrogen and oxygen atoms in total. The normalized spacial score (nSPS) is 17.3. The summed E-state index contributed by atoms with van der Waals surface area (Å²) in [5.41, 5.74) is 2.55. The summed E-state index contributed by atoms with van der Waals surface area (Å²) in [4.78, 5) is 27.9. The summed E-state index contributed by atoms with van der Waals surface area (Å²) in [7, 11) is 1.57. The Hall–Kier alpha value is -4.06. The highest BCUT2D eigenvalue weighted by Crippen LogP contribution is 2.42. The quantitative estimate of drug-likeness (QED) is 0.304. The Balaban J connectivity index is 1.85. The van der Waals surface area contributed by atoms with Gasteiger partial charge in [-0.2, -0.15) is 0 Å². The molecule has 1 amide bonds. The molecule has 4 rings (SSSR count). The smallest absolute Gasteiger partial charge is 0.300 e. The van der Waals surface area contributed by atoms with Crippen LogP contribution in [0.4, 0.5) is 5.69 Å². The highest BCUT2D eigenvalue weighted by atomic mass is 16.5. The third-order valence-electron chi connectivity index (χ3n) is 5.71. The molecule has 0 aromatic heterocycles. The predicted molar refractivity (Wildman–Crippen MR) is 131 cm³/mol. The zero-order valence-corrected chi connectivity index (χ0v) is 19.6. The van der Waals surface area contributed by atoms with Crippen LogP contribution in [-0.4, -0.2) is 30.0 Å². The average Bonchev–Trinajstić information content (AvgIpc) is 3.09. The summed E-state index contributed by atoms with van der Waals surface area (Å²) in [6.07, 6.45) is 0.0114. The van der Waals surface area contributed by atoms with Gasteiger partial charge >= 0.3 is 0 Å². The van der Waals surface area contributed by atoms with Gasteiger partial charge < -0.3 is 14.6 Å². The molecule has 1 heterocycles. The summed E-state index contributed by atoms with van der Waals surface area (Å²) in [5, 5.41) is 11.3. The van der Waals surface area contributed by atoms with Crippen molar-refractivity contribution in [3.05, 3.63) is 95.1 Å². The SMILES string of the molecule is COc1ccc(/C(O)=C2/C(=O)C(=O)N(c3ccc(OC(C)C)cc3)C2c2ccccc2)cc1C. The first-order chi connectivity index (χ1) is 16.3. The van der Waals surface area contributed by atoms with Gasteiger partial charge in [0.1, 0.15) is 17.3 Å². The topological polar surface area (TPSA) is 76.1 Å². The minimum Gasteiger partial charge on any atom is -0.507 e. The van der Waals surface area contributed by atoms with Gasteiger partial charge in [-0.1, -0.05) is 30.3 Å². The van der Waals surface area contributed by atoms with Crippen molar-refractivity contribution in [3.8, 4) is 11.5 Å². The van der Waals surface area contributed by atoms with Crippen LogP contribution in [-0.2, 0) is 9.59 Å². The van der Waals surface area contributed by atoms with Gasteiger partial charge in [0.15, 0.2) is 0 Å². The lowest BCUT2D eigenvalue weighted by Crippen LogP contribution is -2.29. The Labute approximate surface area is 199 Å². The number of rotatable bonds is 6. The zero-order chi connectivity index (χ0) is 24.4. The molecule has 1 saturated heterocycles. The number of hydrogen-bond acceptors (Lipinski definition) is 5. The van der Waals surface area contributed by atoms with Gasteiger partial charge in [-0.25, -0.2) is 0 Å². The largest absolute Gasteiger partial charge is 0.507 e. The van der Waals surface area contributed by atoms with E-state index >= 15 is 0 Å². The van der Waals surface area contributed by atoms with Gasteiger partial charge in [0.2, 0.25) is 0 Å². The van der Waals surface area contributed by atoms with Crippen LogP contribution in [0.5, 0.6) is 11.5 Å². The number of Topliss-reactive ketones (excluding diaryl/α,β-unsaturated/α-hetero) is 1. The molecule has 0 bridgehead atoms. The van der Waals surface area contributed by atoms with E-state index in [1.54, 1.807) is 49.6 Å². The summed E-state index contributed by atoms with van der Waals surface area (Å²) < 4.78 is 11.0. The Morgan fingerprint density at radius 1 is 0.971 bits per heavy atom. The average molecular weight is 458 g/mol. The molecule has 1 unspecified atom stereocenters. The Morgan fingerprint density at radius 2 is 1.65 bits per heavy atom. The van der Waals surface area contributed by atoms with Crippen LogP contribution in [0.15, 0.2) is 78.4 Å². The summed E-state index contributed by atoms with van der Waals surface area (Å²) >= 11 is 0. The molecule has 1 aliphatic rings. The fourth-order valence-electron chi connectivity index (χ4n) is 4.19. The Kier molecular flexibility index (Phi) is 6.41. The number of carbonyl (C=O) groups is 2. The number of anilines is 1. The summed E-state index contributed by atoms with van der Waals surface area (Å²) in [6.45, 7) is 5.72. The molecule has 3 aromatic carbocycles. The lowest BCUT2D eigenvalue weighted by atomic mass is 9.94. The molecule has 1 fully saturated rings. The molecule has 0 radical (unpaired) electrons. The number of amides is 1. The molecule has 1 atom stereocenters. The maximum absolute atomic E-state index is 13.2. The number of methoxy groups -OCH3 is 1. The van der Waals surface area contributed by atoms with E-state index in [2.05, 4.69) is 0 Å². The zero-order valence-electron chi connectivity index (χ0n) is 19.6. The van der Waals surface area contributed by atoms with Crippen LogP contribution in [0.3, 0.4) is 0 Å². The summed E-state index contributed by atoms with van der Waals surface area (Å²) in [5.74, 6) is -0.318. The van der Waals surface area contributed by atoms with E-state index in [1.807, 2.05) is 51.1 Å². The summed E-state index contributed by atoms with van der Waals surface area (Å²) in [6, 6.07) is 20.6. The van der Waals surface area contributed by atoms with Crippen LogP contribution in [0.25, 0.3) is 5.76 Å². The highest BCUT2D eigenvalue weighted by Gasteiger charge is 2.46. The molecular weight excluding hydrogens is 430 g/mol. The third-order valence-corrected chi connectivity index (χ3v) is 5.71. The van der Waals surface area contributed by atoms with Gasteiger partial charge in [0, 0.05) is 11.3 Å². The molecule has 6 heteroatoms. The minimum absolute atomic E-state index is 0.0114. The minimum atomic E-state index is -0.777. The Morgan fingerprint density at radius 3 is 2.24 bits per heavy atom. The maximum Gasteiger partial charge on any atom is 0.300 e. The fourth-order valence-corrected chi connectivity index (χ4v) is 4.19. The van der Waals surface area contributed by atoms with Crippen LogP contribution in [0.1, 0.15) is 36.6 Å². The molecule has 0 spiro atoms. The van der Waals surface area contributed by atoms with Gasteiger partial charge in [0.05, 0.1) is 24.8 Å². The van der Waals surface area contributed by atoms with E-state index in [0.717, 1.165) is 11.1 Å². The number of benzene rings is 3. The molecule has 1 N–H and O–H groups in total. The van der Waals surface area contributed by atoms with Gasteiger partial charge in [-0.3, -0.25) is 14.5 Å². The van der Waals surface area contributed by atoms with E-state index in [4.69, 9.17) is 9.47 Å². The van der Waals surface area contributed by atoms with Crippen molar-refractivity contribution < 1.29 is 24.2 Å². The number of aliphatic hydroxyl groups excluding tert-OH is 1. The van der Waals surface area contributed by atoms with E-state index < -0.39 is 17.7 Å². The molecule has 3 aromatic rings. The first-order valence-electron chi connectivity index (χ1n) is 11.1. The van der Waals surface area contributed by atoms with Crippen molar-refractivity contribution in [1.29, 1.82) is 0 Å². The van der Waals surface area contributed by atoms with Crippen molar-refractivity contribution in [3.63, 3.8) is 0 Å². The molecular formula is C28H27NO5. The van der Waals surface area contributed by atoms with Crippen LogP contribution in [0.2, 0.25) is 0 Å². The van der Waals surface area contributed by atoms with Crippen molar-refractivity contribution in [2.45, 2.75) is 32.9 Å². The molecule has 1 aliphatic heterocycles. The number of hydrogen-bond donors (Lipinski definition) is 1. The van der Waals surface area contributed by atoms with Crippen molar-refractivity contribution in [1.82, 2.24) is 0 Å². The number of aryl methyl sites for hydroxylation is 1. The monoisotopic (exact) mass is 457 g/mol. The van der Waals surface area contributed by atoms with E-state index in [1.165, 1.54) is 4.90 Å². The first kappa shape index (κ1) is 23.1. The predicted octanol–water partition coefficient (Wildman–Crippen LogP) is 5.42. The van der Waals surface area contributed by atoms with Crippen LogP contribution in [0, 0.1) is 6.92 Å². The second kappa shape index (κ2) is 9.43. The van der Waals surface area contributed by atoms with E-state index in [0.29, 0.717) is 22.7 Å². The fraction of sp³-hybridized carbons (Fsp3) is 0.214. The van der Waals surface area contributed by atoms with Crippen molar-refractivity contribution in [2.24, 2.45) is 0 Å². The first-order valence-corrected chi connectivity index (χ1v) is 11.1. The van der Waals surface area contributed by atoms with E-state index in [9.17, 15) is 14.7 Å². The molecule has 0 aliphatic carbocycles. The standard InChI is InChI=1S/C28H27NO5/c1-17(2)34-22-13-11-21(12-14-22)29-25(19-8-6-5-7-9-19)24(27(31)28(29)32)26(30)20-10-15-23(33-4)18(3)16-20/h5-17,25,30H,1-4H3/b26-24-. The number of carbonyl (C=O) groups excluding carboxylic acids is 2. The number of aliphatic hydroxyl groups is 1. The molecule has 0 saturated carbocycles. The number of nitrogens with zero attached hydrogens (tertiary/aromatic N) is 1. The lowest BCUT2D eigenvalue weighted by Gasteiger charge is -2.25. The molecule has 174 valence electrons. The second-order valence-electron chi connectivity index (χ2n) is 8.42. The van der Waals surface area contributed by atoms with Crippen LogP contribution >= 0.6 is 0 Å². The van der Waals surface area contributed by atoms with Crippen molar-refractivity contribution in [2.75, 3.05) is 12.0 Å². The van der Waals surface area contributed by atoms with Gasteiger partial charge in [0.25, 0.3) is 11.7 Å². The van der Waals surface area contributed by atoms with E-state index in [-0.39, 0.29) is 17.4 Å². The van der Waals surface area contributed by atoms with Crippen molar-refractivity contribution >= 4 is 23.1 Å². The lowest BCUT2D eigenvalue weighted by molar-refractivity contribution is -0.132. The highest BCUT2D eigenvalue weighted by molar-refractivity contribution is 6.51. The maximum atomic E-state index is 13.2. The third kappa shape index (κ3) is 4.27. The Bertz CT molecular complexity index is 1250. The molecule has 34 heavy (non-hydrogen) atoms. The van der Waals surface area contributed by atoms with Gasteiger partial charge in [-0.15, -0.1) is 0 Å². The second-order valence-corrected chi connectivity index (χ2v) is 8.42. The van der Waals surface area contributed by atoms with Gasteiger partial charge in [-0.05, 0) is 74.4 Å².